The summed E-state index contributed by atoms with van der Waals surface area (Å²) in [6.07, 6.45) is 1.51. The summed E-state index contributed by atoms with van der Waals surface area (Å²) >= 11 is 0. The van der Waals surface area contributed by atoms with E-state index in [0.29, 0.717) is 24.3 Å². The topological polar surface area (TPSA) is 90.6 Å². The average Bonchev–Trinajstić information content (AvgIpc) is 3.17. The number of hydrogen-bond donors (Lipinski definition) is 1. The second-order valence-corrected chi connectivity index (χ2v) is 10.3. The highest BCUT2D eigenvalue weighted by Crippen LogP contribution is 2.25. The first-order valence-corrected chi connectivity index (χ1v) is 11.0. The predicted molar refractivity (Wildman–Crippen MR) is 111 cm³/mol. The van der Waals surface area contributed by atoms with Crippen molar-refractivity contribution < 1.29 is 18.0 Å². The summed E-state index contributed by atoms with van der Waals surface area (Å²) in [6.45, 7) is 8.74. The first-order chi connectivity index (χ1) is 13.5. The van der Waals surface area contributed by atoms with Crippen LogP contribution in [0.2, 0.25) is 0 Å². The third-order valence-corrected chi connectivity index (χ3v) is 7.12. The van der Waals surface area contributed by atoms with Gasteiger partial charge in [-0.05, 0) is 36.1 Å². The van der Waals surface area contributed by atoms with Crippen LogP contribution in [0.3, 0.4) is 0 Å². The molecule has 29 heavy (non-hydrogen) atoms. The zero-order valence-corrected chi connectivity index (χ0v) is 18.0. The van der Waals surface area contributed by atoms with Crippen molar-refractivity contribution in [3.63, 3.8) is 0 Å². The SMILES string of the molecule is CC(=O)c1c[nH]c(C(=O)N2CCN(S(=O)(=O)c3ccc(C(C)(C)C)cc3)CC2)c1. The van der Waals surface area contributed by atoms with Crippen molar-refractivity contribution in [3.05, 3.63) is 53.3 Å². The molecule has 0 bridgehead atoms. The number of amides is 1. The van der Waals surface area contributed by atoms with E-state index < -0.39 is 10.0 Å². The second kappa shape index (κ2) is 7.76. The molecule has 2 heterocycles. The van der Waals surface area contributed by atoms with E-state index in [2.05, 4.69) is 25.8 Å². The minimum Gasteiger partial charge on any atom is -0.356 e. The molecule has 0 unspecified atom stereocenters. The lowest BCUT2D eigenvalue weighted by Crippen LogP contribution is -2.50. The monoisotopic (exact) mass is 417 g/mol. The molecule has 1 aromatic heterocycles. The van der Waals surface area contributed by atoms with E-state index in [1.54, 1.807) is 17.0 Å². The number of carbonyl (C=O) groups is 2. The van der Waals surface area contributed by atoms with Crippen LogP contribution in [-0.2, 0) is 15.4 Å². The van der Waals surface area contributed by atoms with Gasteiger partial charge in [0.05, 0.1) is 4.90 Å². The molecule has 1 aliphatic heterocycles. The first-order valence-electron chi connectivity index (χ1n) is 9.59. The molecule has 1 fully saturated rings. The number of nitrogens with one attached hydrogen (secondary N) is 1. The van der Waals surface area contributed by atoms with Crippen molar-refractivity contribution in [2.24, 2.45) is 0 Å². The van der Waals surface area contributed by atoms with Crippen molar-refractivity contribution in [2.75, 3.05) is 26.2 Å². The summed E-state index contributed by atoms with van der Waals surface area (Å²) in [4.78, 5) is 28.7. The first kappa shape index (κ1) is 21.3. The van der Waals surface area contributed by atoms with Crippen LogP contribution in [0.15, 0.2) is 41.4 Å². The van der Waals surface area contributed by atoms with Gasteiger partial charge in [-0.3, -0.25) is 9.59 Å². The standard InChI is InChI=1S/C21H27N3O4S/c1-15(25)16-13-19(22-14-16)20(26)23-9-11-24(12-10-23)29(27,28)18-7-5-17(6-8-18)21(2,3)4/h5-8,13-14,22H,9-12H2,1-4H3. The molecule has 1 amide bonds. The van der Waals surface area contributed by atoms with Gasteiger partial charge in [0.2, 0.25) is 10.0 Å². The normalized spacial score (nSPS) is 16.1. The number of H-pyrrole nitrogens is 1. The number of aromatic nitrogens is 1. The number of hydrogen-bond acceptors (Lipinski definition) is 4. The maximum Gasteiger partial charge on any atom is 0.270 e. The van der Waals surface area contributed by atoms with E-state index in [1.807, 2.05) is 12.1 Å². The molecule has 3 rings (SSSR count). The Morgan fingerprint density at radius 2 is 1.59 bits per heavy atom. The Kier molecular flexibility index (Phi) is 5.69. The molecule has 1 saturated heterocycles. The second-order valence-electron chi connectivity index (χ2n) is 8.33. The van der Waals surface area contributed by atoms with Gasteiger partial charge in [0, 0.05) is 37.9 Å². The molecule has 2 aromatic rings. The van der Waals surface area contributed by atoms with Gasteiger partial charge in [-0.1, -0.05) is 32.9 Å². The van der Waals surface area contributed by atoms with Crippen LogP contribution in [0, 0.1) is 0 Å². The molecule has 8 heteroatoms. The highest BCUT2D eigenvalue weighted by Gasteiger charge is 2.31. The van der Waals surface area contributed by atoms with Crippen molar-refractivity contribution in [2.45, 2.75) is 38.0 Å². The smallest absolute Gasteiger partial charge is 0.270 e. The number of aromatic amines is 1. The molecule has 1 N–H and O–H groups in total. The van der Waals surface area contributed by atoms with Gasteiger partial charge in [0.15, 0.2) is 5.78 Å². The summed E-state index contributed by atoms with van der Waals surface area (Å²) in [6, 6.07) is 8.53. The number of sulfonamides is 1. The zero-order valence-electron chi connectivity index (χ0n) is 17.2. The van der Waals surface area contributed by atoms with Crippen LogP contribution in [0.1, 0.15) is 54.1 Å². The predicted octanol–water partition coefficient (Wildman–Crippen LogP) is 2.66. The molecular formula is C21H27N3O4S. The number of rotatable bonds is 4. The van der Waals surface area contributed by atoms with E-state index in [4.69, 9.17) is 0 Å². The number of Topliss-reactive ketones (excluding diaryl/α,β-unsaturated/α-hetero) is 1. The third kappa shape index (κ3) is 4.43. The van der Waals surface area contributed by atoms with E-state index in [9.17, 15) is 18.0 Å². The molecule has 0 aliphatic carbocycles. The zero-order chi connectivity index (χ0) is 21.4. The van der Waals surface area contributed by atoms with E-state index in [1.165, 1.54) is 23.5 Å². The maximum absolute atomic E-state index is 13.0. The molecule has 7 nitrogen and oxygen atoms in total. The van der Waals surface area contributed by atoms with Crippen LogP contribution in [0.4, 0.5) is 0 Å². The van der Waals surface area contributed by atoms with Gasteiger partial charge < -0.3 is 9.88 Å². The lowest BCUT2D eigenvalue weighted by atomic mass is 9.87. The number of benzene rings is 1. The van der Waals surface area contributed by atoms with Gasteiger partial charge in [0.25, 0.3) is 5.91 Å². The quantitative estimate of drug-likeness (QED) is 0.775. The number of carbonyl (C=O) groups excluding carboxylic acids is 2. The molecule has 0 radical (unpaired) electrons. The molecule has 0 atom stereocenters. The van der Waals surface area contributed by atoms with Gasteiger partial charge >= 0.3 is 0 Å². The number of piperazine rings is 1. The van der Waals surface area contributed by atoms with Crippen LogP contribution >= 0.6 is 0 Å². The summed E-state index contributed by atoms with van der Waals surface area (Å²) in [7, 11) is -3.60. The Morgan fingerprint density at radius 3 is 2.07 bits per heavy atom. The van der Waals surface area contributed by atoms with E-state index >= 15 is 0 Å². The Labute approximate surface area is 171 Å². The summed E-state index contributed by atoms with van der Waals surface area (Å²) < 4.78 is 27.3. The summed E-state index contributed by atoms with van der Waals surface area (Å²) in [5.74, 6) is -0.349. The Morgan fingerprint density at radius 1 is 1.00 bits per heavy atom. The lowest BCUT2D eigenvalue weighted by Gasteiger charge is -2.33. The summed E-state index contributed by atoms with van der Waals surface area (Å²) in [5.41, 5.74) is 1.81. The largest absolute Gasteiger partial charge is 0.356 e. The molecule has 156 valence electrons. The van der Waals surface area contributed by atoms with Crippen LogP contribution in [0.25, 0.3) is 0 Å². The molecule has 0 saturated carbocycles. The Balaban J connectivity index is 1.67. The fraction of sp³-hybridized carbons (Fsp3) is 0.429. The van der Waals surface area contributed by atoms with Gasteiger partial charge in [-0.15, -0.1) is 0 Å². The number of nitrogens with zero attached hydrogens (tertiary/aromatic N) is 2. The van der Waals surface area contributed by atoms with Crippen molar-refractivity contribution in [1.82, 2.24) is 14.2 Å². The molecule has 0 spiro atoms. The van der Waals surface area contributed by atoms with Crippen LogP contribution < -0.4 is 0 Å². The average molecular weight is 418 g/mol. The lowest BCUT2D eigenvalue weighted by molar-refractivity contribution is 0.0692. The minimum absolute atomic E-state index is 0.0473. The fourth-order valence-electron chi connectivity index (χ4n) is 3.30. The maximum atomic E-state index is 13.0. The van der Waals surface area contributed by atoms with Gasteiger partial charge in [0.1, 0.15) is 5.69 Å². The third-order valence-electron chi connectivity index (χ3n) is 5.20. The van der Waals surface area contributed by atoms with E-state index in [-0.39, 0.29) is 35.1 Å². The fourth-order valence-corrected chi connectivity index (χ4v) is 4.72. The molecular weight excluding hydrogens is 390 g/mol. The molecule has 1 aliphatic rings. The Bertz CT molecular complexity index is 1010. The van der Waals surface area contributed by atoms with Crippen LogP contribution in [0.5, 0.6) is 0 Å². The Hall–Kier alpha value is -2.45. The highest BCUT2D eigenvalue weighted by atomic mass is 32.2. The van der Waals surface area contributed by atoms with Crippen LogP contribution in [-0.4, -0.2) is 60.5 Å². The van der Waals surface area contributed by atoms with Gasteiger partial charge in [-0.2, -0.15) is 4.31 Å². The van der Waals surface area contributed by atoms with E-state index in [0.717, 1.165) is 5.56 Å². The number of ketones is 1. The highest BCUT2D eigenvalue weighted by molar-refractivity contribution is 7.89. The van der Waals surface area contributed by atoms with Crippen molar-refractivity contribution >= 4 is 21.7 Å². The van der Waals surface area contributed by atoms with Crippen molar-refractivity contribution in [3.8, 4) is 0 Å². The van der Waals surface area contributed by atoms with Gasteiger partial charge in [-0.25, -0.2) is 8.42 Å². The van der Waals surface area contributed by atoms with Crippen molar-refractivity contribution in [1.29, 1.82) is 0 Å². The summed E-state index contributed by atoms with van der Waals surface area (Å²) in [5, 5.41) is 0. The minimum atomic E-state index is -3.60. The molecule has 1 aromatic carbocycles.